The van der Waals surface area contributed by atoms with Crippen LogP contribution in [0.5, 0.6) is 0 Å². The van der Waals surface area contributed by atoms with E-state index in [9.17, 15) is 36.8 Å². The largest absolute Gasteiger partial charge is 0.416 e. The molecule has 2 aromatic carbocycles. The van der Waals surface area contributed by atoms with Crippen LogP contribution >= 0.6 is 0 Å². The average Bonchev–Trinajstić information content (AvgIpc) is 2.81. The average molecular weight is 481 g/mol. The summed E-state index contributed by atoms with van der Waals surface area (Å²) in [5, 5.41) is 21.8. The van der Waals surface area contributed by atoms with Crippen LogP contribution in [0.4, 0.5) is 13.2 Å². The fourth-order valence-electron chi connectivity index (χ4n) is 3.78. The fourth-order valence-corrected chi connectivity index (χ4v) is 5.39. The van der Waals surface area contributed by atoms with Crippen LogP contribution in [0.15, 0.2) is 53.4 Å². The van der Waals surface area contributed by atoms with Crippen molar-refractivity contribution in [3.63, 3.8) is 0 Å². The number of nitrogens with zero attached hydrogens (tertiary/aromatic N) is 2. The molecule has 0 aromatic heterocycles. The minimum absolute atomic E-state index is 0.0329. The molecule has 1 saturated heterocycles. The van der Waals surface area contributed by atoms with Crippen LogP contribution in [0.25, 0.3) is 0 Å². The van der Waals surface area contributed by atoms with Gasteiger partial charge in [-0.25, -0.2) is 8.42 Å². The molecule has 176 valence electrons. The Bertz CT molecular complexity index is 1150. The number of hydrogen-bond acceptors (Lipinski definition) is 5. The molecule has 2 N–H and O–H groups in total. The normalized spacial score (nSPS) is 16.7. The third-order valence-corrected chi connectivity index (χ3v) is 7.50. The summed E-state index contributed by atoms with van der Waals surface area (Å²) in [5.41, 5.74) is -1.27. The van der Waals surface area contributed by atoms with E-state index >= 15 is 0 Å². The van der Waals surface area contributed by atoms with Gasteiger partial charge in [-0.2, -0.15) is 22.7 Å². The van der Waals surface area contributed by atoms with Crippen LogP contribution in [-0.4, -0.2) is 43.4 Å². The molecule has 1 heterocycles. The van der Waals surface area contributed by atoms with Gasteiger partial charge >= 0.3 is 6.18 Å². The van der Waals surface area contributed by atoms with Crippen molar-refractivity contribution in [1.29, 1.82) is 5.26 Å². The number of halogens is 3. The number of benzene rings is 2. The smallest absolute Gasteiger partial charge is 0.387 e. The van der Waals surface area contributed by atoms with Crippen molar-refractivity contribution in [3.8, 4) is 6.07 Å². The predicted octanol–water partition coefficient (Wildman–Crippen LogP) is 2.83. The summed E-state index contributed by atoms with van der Waals surface area (Å²) in [5.74, 6) is -1.01. The van der Waals surface area contributed by atoms with Gasteiger partial charge in [-0.3, -0.25) is 4.79 Å². The number of amides is 1. The Hall–Kier alpha value is -2.94. The lowest BCUT2D eigenvalue weighted by Gasteiger charge is -2.31. The van der Waals surface area contributed by atoms with Gasteiger partial charge in [0.25, 0.3) is 0 Å². The Balaban J connectivity index is 1.59. The number of carbonyl (C=O) groups is 1. The Morgan fingerprint density at radius 2 is 1.76 bits per heavy atom. The first kappa shape index (κ1) is 24.7. The second-order valence-electron chi connectivity index (χ2n) is 7.63. The van der Waals surface area contributed by atoms with Crippen molar-refractivity contribution in [3.05, 3.63) is 65.2 Å². The van der Waals surface area contributed by atoms with Crippen LogP contribution in [0.3, 0.4) is 0 Å². The lowest BCUT2D eigenvalue weighted by Crippen LogP contribution is -2.43. The van der Waals surface area contributed by atoms with Crippen molar-refractivity contribution < 1.29 is 31.5 Å². The van der Waals surface area contributed by atoms with Crippen LogP contribution in [-0.2, 0) is 21.0 Å². The summed E-state index contributed by atoms with van der Waals surface area (Å²) >= 11 is 0. The molecule has 3 rings (SSSR count). The molecule has 1 aliphatic rings. The zero-order chi connectivity index (χ0) is 24.2. The SMILES string of the molecule is N#Cc1ccccc1S(=O)(=O)N1CCC(C(=O)NCC(O)c2ccccc2C(F)(F)F)CC1. The molecule has 0 aliphatic carbocycles. The Kier molecular flexibility index (Phi) is 7.41. The van der Waals surface area contributed by atoms with Crippen LogP contribution < -0.4 is 5.32 Å². The summed E-state index contributed by atoms with van der Waals surface area (Å²) in [4.78, 5) is 12.4. The van der Waals surface area contributed by atoms with E-state index < -0.39 is 46.2 Å². The van der Waals surface area contributed by atoms with Crippen LogP contribution in [0.2, 0.25) is 0 Å². The van der Waals surface area contributed by atoms with Gasteiger partial charge in [0.15, 0.2) is 0 Å². The zero-order valence-corrected chi connectivity index (χ0v) is 18.2. The van der Waals surface area contributed by atoms with Gasteiger partial charge in [-0.05, 0) is 36.6 Å². The number of carbonyl (C=O) groups excluding carboxylic acids is 1. The van der Waals surface area contributed by atoms with Gasteiger partial charge < -0.3 is 10.4 Å². The van der Waals surface area contributed by atoms with Gasteiger partial charge in [-0.1, -0.05) is 30.3 Å². The van der Waals surface area contributed by atoms with E-state index in [-0.39, 0.29) is 42.0 Å². The second kappa shape index (κ2) is 9.91. The van der Waals surface area contributed by atoms with Gasteiger partial charge in [-0.15, -0.1) is 0 Å². The second-order valence-corrected chi connectivity index (χ2v) is 9.54. The molecular formula is C22H22F3N3O4S. The van der Waals surface area contributed by atoms with E-state index in [0.717, 1.165) is 12.1 Å². The molecule has 0 radical (unpaired) electrons. The number of nitriles is 1. The van der Waals surface area contributed by atoms with E-state index in [1.54, 1.807) is 6.07 Å². The van der Waals surface area contributed by atoms with E-state index in [0.29, 0.717) is 0 Å². The molecule has 0 spiro atoms. The number of aliphatic hydroxyl groups is 1. The highest BCUT2D eigenvalue weighted by molar-refractivity contribution is 7.89. The van der Waals surface area contributed by atoms with Crippen molar-refractivity contribution >= 4 is 15.9 Å². The third kappa shape index (κ3) is 5.52. The quantitative estimate of drug-likeness (QED) is 0.659. The summed E-state index contributed by atoms with van der Waals surface area (Å²) in [6, 6.07) is 12.3. The molecule has 1 amide bonds. The summed E-state index contributed by atoms with van der Waals surface area (Å²) in [6.07, 6.45) is -5.77. The lowest BCUT2D eigenvalue weighted by molar-refractivity contribution is -0.139. The zero-order valence-electron chi connectivity index (χ0n) is 17.4. The Morgan fingerprint density at radius 1 is 1.15 bits per heavy atom. The highest BCUT2D eigenvalue weighted by atomic mass is 32.2. The first-order chi connectivity index (χ1) is 15.6. The van der Waals surface area contributed by atoms with Crippen molar-refractivity contribution in [2.45, 2.75) is 30.0 Å². The monoisotopic (exact) mass is 481 g/mol. The van der Waals surface area contributed by atoms with E-state index in [1.165, 1.54) is 34.6 Å². The van der Waals surface area contributed by atoms with Crippen LogP contribution in [0.1, 0.15) is 35.6 Å². The van der Waals surface area contributed by atoms with Gasteiger partial charge in [0.05, 0.1) is 22.1 Å². The molecule has 33 heavy (non-hydrogen) atoms. The van der Waals surface area contributed by atoms with Gasteiger partial charge in [0.1, 0.15) is 6.07 Å². The number of piperidine rings is 1. The Morgan fingerprint density at radius 3 is 2.39 bits per heavy atom. The maximum absolute atomic E-state index is 13.1. The molecule has 1 aliphatic heterocycles. The highest BCUT2D eigenvalue weighted by Gasteiger charge is 2.36. The standard InChI is InChI=1S/C22H22F3N3O4S/c23-22(24,25)18-7-3-2-6-17(18)19(29)14-27-21(30)15-9-11-28(12-10-15)33(31,32)20-8-4-1-5-16(20)13-26/h1-8,15,19,29H,9-12,14H2,(H,27,30). The summed E-state index contributed by atoms with van der Waals surface area (Å²) < 4.78 is 66.4. The number of aliphatic hydroxyl groups excluding tert-OH is 1. The maximum atomic E-state index is 13.1. The number of alkyl halides is 3. The molecule has 1 fully saturated rings. The lowest BCUT2D eigenvalue weighted by atomic mass is 9.96. The molecule has 1 unspecified atom stereocenters. The molecule has 0 saturated carbocycles. The summed E-state index contributed by atoms with van der Waals surface area (Å²) in [6.45, 7) is -0.292. The third-order valence-electron chi connectivity index (χ3n) is 5.54. The highest BCUT2D eigenvalue weighted by Crippen LogP contribution is 2.34. The van der Waals surface area contributed by atoms with Gasteiger partial charge in [0, 0.05) is 25.6 Å². The number of sulfonamides is 1. The van der Waals surface area contributed by atoms with Crippen molar-refractivity contribution in [2.75, 3.05) is 19.6 Å². The predicted molar refractivity (Wildman–Crippen MR) is 112 cm³/mol. The minimum Gasteiger partial charge on any atom is -0.387 e. The molecular weight excluding hydrogens is 459 g/mol. The molecule has 7 nitrogen and oxygen atoms in total. The number of hydrogen-bond donors (Lipinski definition) is 2. The fraction of sp³-hybridized carbons (Fsp3) is 0.364. The van der Waals surface area contributed by atoms with E-state index in [4.69, 9.17) is 0 Å². The molecule has 2 aromatic rings. The topological polar surface area (TPSA) is 111 Å². The van der Waals surface area contributed by atoms with Crippen LogP contribution in [0, 0.1) is 17.2 Å². The van der Waals surface area contributed by atoms with Gasteiger partial charge in [0.2, 0.25) is 15.9 Å². The van der Waals surface area contributed by atoms with Crippen molar-refractivity contribution in [2.24, 2.45) is 5.92 Å². The summed E-state index contributed by atoms with van der Waals surface area (Å²) in [7, 11) is -3.90. The minimum atomic E-state index is -4.63. The first-order valence-corrected chi connectivity index (χ1v) is 11.6. The van der Waals surface area contributed by atoms with E-state index in [1.807, 2.05) is 6.07 Å². The number of rotatable bonds is 6. The molecule has 11 heteroatoms. The molecule has 1 atom stereocenters. The Labute approximate surface area is 189 Å². The van der Waals surface area contributed by atoms with Crippen molar-refractivity contribution in [1.82, 2.24) is 9.62 Å². The maximum Gasteiger partial charge on any atom is 0.416 e. The van der Waals surface area contributed by atoms with E-state index in [2.05, 4.69) is 5.32 Å². The first-order valence-electron chi connectivity index (χ1n) is 10.2. The number of nitrogens with one attached hydrogen (secondary N) is 1. The molecule has 0 bridgehead atoms.